The smallest absolute Gasteiger partial charge is 0.272 e. The van der Waals surface area contributed by atoms with Gasteiger partial charge in [0.15, 0.2) is 5.69 Å². The summed E-state index contributed by atoms with van der Waals surface area (Å²) in [5.41, 5.74) is 2.52. The second kappa shape index (κ2) is 9.74. The van der Waals surface area contributed by atoms with Crippen molar-refractivity contribution >= 4 is 16.8 Å². The first-order valence-electron chi connectivity index (χ1n) is 11.9. The minimum Gasteiger partial charge on any atom is -0.497 e. The van der Waals surface area contributed by atoms with Crippen LogP contribution >= 0.6 is 0 Å². The molecule has 1 amide bonds. The van der Waals surface area contributed by atoms with Crippen molar-refractivity contribution in [3.63, 3.8) is 0 Å². The Morgan fingerprint density at radius 1 is 1.18 bits per heavy atom. The van der Waals surface area contributed by atoms with Crippen LogP contribution in [-0.2, 0) is 17.8 Å². The summed E-state index contributed by atoms with van der Waals surface area (Å²) in [6, 6.07) is 16.5. The number of ether oxygens (including phenoxy) is 2. The van der Waals surface area contributed by atoms with Gasteiger partial charge in [0.1, 0.15) is 5.75 Å². The first-order valence-corrected chi connectivity index (χ1v) is 11.9. The van der Waals surface area contributed by atoms with Crippen LogP contribution in [0.5, 0.6) is 5.75 Å². The molecule has 2 aliphatic rings. The molecule has 2 N–H and O–H groups in total. The summed E-state index contributed by atoms with van der Waals surface area (Å²) in [6.45, 7) is 4.27. The van der Waals surface area contributed by atoms with E-state index >= 15 is 0 Å². The van der Waals surface area contributed by atoms with E-state index in [0.29, 0.717) is 25.5 Å². The highest BCUT2D eigenvalue weighted by atomic mass is 16.5. The number of aliphatic hydroxyl groups is 1. The van der Waals surface area contributed by atoms with Crippen molar-refractivity contribution in [2.75, 3.05) is 20.3 Å². The summed E-state index contributed by atoms with van der Waals surface area (Å²) in [7, 11) is 1.68. The third-order valence-electron chi connectivity index (χ3n) is 6.84. The minimum absolute atomic E-state index is 0.0687. The number of carbonyl (C=O) groups excluding carboxylic acids is 1. The van der Waals surface area contributed by atoms with Gasteiger partial charge in [0.2, 0.25) is 0 Å². The van der Waals surface area contributed by atoms with Gasteiger partial charge in [-0.25, -0.2) is 0 Å². The lowest BCUT2D eigenvalue weighted by Crippen LogP contribution is -2.60. The number of aliphatic hydroxyl groups excluding tert-OH is 1. The fraction of sp³-hybridized carbons (Fsp3) is 0.462. The number of benzene rings is 2. The van der Waals surface area contributed by atoms with Crippen molar-refractivity contribution in [3.8, 4) is 5.75 Å². The second-order valence-electron chi connectivity index (χ2n) is 9.40. The van der Waals surface area contributed by atoms with Crippen LogP contribution in [0.15, 0.2) is 48.5 Å². The molecule has 4 atom stereocenters. The van der Waals surface area contributed by atoms with Gasteiger partial charge in [0, 0.05) is 30.1 Å². The van der Waals surface area contributed by atoms with Crippen LogP contribution in [0.2, 0.25) is 0 Å². The number of fused-ring (bicyclic) bond motifs is 3. The lowest BCUT2D eigenvalue weighted by atomic mass is 9.89. The Kier molecular flexibility index (Phi) is 6.54. The number of para-hydroxylation sites is 1. The van der Waals surface area contributed by atoms with Crippen LogP contribution < -0.4 is 10.1 Å². The number of hydrogen-bond donors (Lipinski definition) is 2. The number of nitrogens with zero attached hydrogens (tertiary/aromatic N) is 3. The molecule has 0 aliphatic carbocycles. The molecule has 34 heavy (non-hydrogen) atoms. The zero-order chi connectivity index (χ0) is 23.7. The molecule has 0 radical (unpaired) electrons. The summed E-state index contributed by atoms with van der Waals surface area (Å²) in [6.07, 6.45) is 1.13. The molecule has 0 spiro atoms. The zero-order valence-corrected chi connectivity index (χ0v) is 19.7. The molecule has 3 aromatic rings. The molecule has 8 heteroatoms. The van der Waals surface area contributed by atoms with Crippen LogP contribution in [0.25, 0.3) is 10.9 Å². The number of rotatable bonds is 7. The van der Waals surface area contributed by atoms with E-state index in [2.05, 4.69) is 27.4 Å². The van der Waals surface area contributed by atoms with E-state index in [4.69, 9.17) is 9.47 Å². The molecule has 2 bridgehead atoms. The maximum Gasteiger partial charge on any atom is 0.272 e. The maximum atomic E-state index is 13.3. The van der Waals surface area contributed by atoms with E-state index < -0.39 is 6.10 Å². The van der Waals surface area contributed by atoms with Crippen LogP contribution in [0.1, 0.15) is 35.8 Å². The molecule has 2 aliphatic heterocycles. The predicted molar refractivity (Wildman–Crippen MR) is 129 cm³/mol. The van der Waals surface area contributed by atoms with Gasteiger partial charge in [-0.15, -0.1) is 0 Å². The van der Waals surface area contributed by atoms with Crippen molar-refractivity contribution in [3.05, 3.63) is 59.8 Å². The molecular weight excluding hydrogens is 432 g/mol. The monoisotopic (exact) mass is 464 g/mol. The Morgan fingerprint density at radius 2 is 1.88 bits per heavy atom. The number of methoxy groups -OCH3 is 1. The number of piperidine rings is 1. The number of aromatic nitrogens is 2. The minimum atomic E-state index is -0.548. The van der Waals surface area contributed by atoms with Crippen molar-refractivity contribution < 1.29 is 19.4 Å². The number of amides is 1. The van der Waals surface area contributed by atoms with E-state index in [0.717, 1.165) is 36.0 Å². The Balaban J connectivity index is 1.29. The van der Waals surface area contributed by atoms with Crippen LogP contribution in [0.3, 0.4) is 0 Å². The van der Waals surface area contributed by atoms with Crippen LogP contribution in [-0.4, -0.2) is 70.2 Å². The SMILES string of the molecule is COc1ccc(CN2[C@@H]3COC[C@H]2CC(NC(=O)c2nn(CC(C)O)c4ccccc24)C3)cc1. The Morgan fingerprint density at radius 3 is 2.56 bits per heavy atom. The van der Waals surface area contributed by atoms with E-state index in [-0.39, 0.29) is 24.0 Å². The quantitative estimate of drug-likeness (QED) is 0.559. The van der Waals surface area contributed by atoms with E-state index in [1.807, 2.05) is 36.4 Å². The normalized spacial score (nSPS) is 23.6. The molecule has 2 unspecified atom stereocenters. The molecule has 2 aromatic carbocycles. The van der Waals surface area contributed by atoms with Crippen molar-refractivity contribution in [1.29, 1.82) is 0 Å². The average molecular weight is 465 g/mol. The Bertz CT molecular complexity index is 1130. The first-order chi connectivity index (χ1) is 16.5. The van der Waals surface area contributed by atoms with Crippen molar-refractivity contribution in [2.45, 2.75) is 57.1 Å². The number of nitrogens with one attached hydrogen (secondary N) is 1. The molecule has 2 saturated heterocycles. The van der Waals surface area contributed by atoms with Crippen molar-refractivity contribution in [1.82, 2.24) is 20.0 Å². The maximum absolute atomic E-state index is 13.3. The fourth-order valence-electron chi connectivity index (χ4n) is 5.25. The summed E-state index contributed by atoms with van der Waals surface area (Å²) in [5.74, 6) is 0.699. The predicted octanol–water partition coefficient (Wildman–Crippen LogP) is 2.59. The standard InChI is InChI=1S/C26H32N4O4/c1-17(31)13-30-24-6-4-3-5-23(24)25(28-30)26(32)27-19-11-20-15-34-16-21(12-19)29(20)14-18-7-9-22(33-2)10-8-18/h3-10,17,19-21,31H,11-16H2,1-2H3,(H,27,32)/t17?,19?,20-,21+. The summed E-state index contributed by atoms with van der Waals surface area (Å²) >= 11 is 0. The Hall–Kier alpha value is -2.94. The lowest BCUT2D eigenvalue weighted by Gasteiger charge is -2.48. The molecule has 8 nitrogen and oxygen atoms in total. The number of carbonyl (C=O) groups is 1. The molecule has 3 heterocycles. The second-order valence-corrected chi connectivity index (χ2v) is 9.40. The van der Waals surface area contributed by atoms with Gasteiger partial charge < -0.3 is 19.9 Å². The largest absolute Gasteiger partial charge is 0.497 e. The van der Waals surface area contributed by atoms with E-state index in [9.17, 15) is 9.90 Å². The third-order valence-corrected chi connectivity index (χ3v) is 6.84. The van der Waals surface area contributed by atoms with Gasteiger partial charge in [-0.1, -0.05) is 30.3 Å². The summed E-state index contributed by atoms with van der Waals surface area (Å²) in [5, 5.41) is 18.4. The van der Waals surface area contributed by atoms with Gasteiger partial charge in [-0.05, 0) is 43.5 Å². The van der Waals surface area contributed by atoms with Gasteiger partial charge >= 0.3 is 0 Å². The molecule has 2 fully saturated rings. The first kappa shape index (κ1) is 22.8. The lowest BCUT2D eigenvalue weighted by molar-refractivity contribution is -0.0843. The Labute approximate surface area is 199 Å². The van der Waals surface area contributed by atoms with Crippen LogP contribution in [0, 0.1) is 0 Å². The topological polar surface area (TPSA) is 88.9 Å². The highest BCUT2D eigenvalue weighted by molar-refractivity contribution is 6.05. The summed E-state index contributed by atoms with van der Waals surface area (Å²) in [4.78, 5) is 15.8. The highest BCUT2D eigenvalue weighted by Gasteiger charge is 2.39. The number of hydrogen-bond acceptors (Lipinski definition) is 6. The molecule has 0 saturated carbocycles. The van der Waals surface area contributed by atoms with Gasteiger partial charge in [-0.3, -0.25) is 14.4 Å². The summed E-state index contributed by atoms with van der Waals surface area (Å²) < 4.78 is 12.9. The van der Waals surface area contributed by atoms with E-state index in [1.54, 1.807) is 18.7 Å². The molecule has 5 rings (SSSR count). The fourth-order valence-corrected chi connectivity index (χ4v) is 5.25. The highest BCUT2D eigenvalue weighted by Crippen LogP contribution is 2.30. The van der Waals surface area contributed by atoms with Gasteiger partial charge in [-0.2, -0.15) is 5.10 Å². The van der Waals surface area contributed by atoms with Gasteiger partial charge in [0.25, 0.3) is 5.91 Å². The number of morpholine rings is 1. The zero-order valence-electron chi connectivity index (χ0n) is 19.7. The molecule has 1 aromatic heterocycles. The van der Waals surface area contributed by atoms with E-state index in [1.165, 1.54) is 5.56 Å². The average Bonchev–Trinajstić information content (AvgIpc) is 3.18. The third kappa shape index (κ3) is 4.66. The molecular formula is C26H32N4O4. The van der Waals surface area contributed by atoms with Gasteiger partial charge in [0.05, 0.1) is 38.5 Å². The molecule has 180 valence electrons. The van der Waals surface area contributed by atoms with Crippen molar-refractivity contribution in [2.24, 2.45) is 0 Å². The van der Waals surface area contributed by atoms with Crippen LogP contribution in [0.4, 0.5) is 0 Å².